The molecule has 0 aromatic rings. The van der Waals surface area contributed by atoms with Crippen LogP contribution >= 0.6 is 0 Å². The number of rotatable bonds is 6. The average Bonchev–Trinajstić information content (AvgIpc) is 3.06. The summed E-state index contributed by atoms with van der Waals surface area (Å²) < 4.78 is 19.2. The Labute approximate surface area is 111 Å². The molecule has 7 nitrogen and oxygen atoms in total. The second-order valence-electron chi connectivity index (χ2n) is 4.17. The van der Waals surface area contributed by atoms with Gasteiger partial charge < -0.3 is 18.9 Å². The topological polar surface area (TPSA) is 91.4 Å². The van der Waals surface area contributed by atoms with Crippen molar-refractivity contribution in [3.05, 3.63) is 0 Å². The zero-order valence-electron chi connectivity index (χ0n) is 11.4. The van der Waals surface area contributed by atoms with Gasteiger partial charge in [0, 0.05) is 6.42 Å². The highest BCUT2D eigenvalue weighted by Gasteiger charge is 2.63. The minimum atomic E-state index is -1.26. The van der Waals surface area contributed by atoms with E-state index in [2.05, 4.69) is 9.47 Å². The quantitative estimate of drug-likeness (QED) is 0.292. The minimum absolute atomic E-state index is 0.146. The average molecular weight is 274 g/mol. The van der Waals surface area contributed by atoms with Crippen molar-refractivity contribution in [1.82, 2.24) is 0 Å². The molecule has 0 radical (unpaired) electrons. The van der Waals surface area contributed by atoms with Gasteiger partial charge in [-0.1, -0.05) is 0 Å². The Balaban J connectivity index is 2.85. The van der Waals surface area contributed by atoms with Crippen LogP contribution in [0.4, 0.5) is 0 Å². The predicted molar refractivity (Wildman–Crippen MR) is 62.1 cm³/mol. The molecule has 1 fully saturated rings. The lowest BCUT2D eigenvalue weighted by Crippen LogP contribution is -2.37. The van der Waals surface area contributed by atoms with Crippen LogP contribution in [0, 0.1) is 5.92 Å². The molecule has 1 saturated heterocycles. The van der Waals surface area contributed by atoms with Crippen molar-refractivity contribution in [3.8, 4) is 0 Å². The molecule has 2 unspecified atom stereocenters. The molecule has 0 spiro atoms. The van der Waals surface area contributed by atoms with Crippen molar-refractivity contribution in [2.75, 3.05) is 20.8 Å². The highest BCUT2D eigenvalue weighted by molar-refractivity contribution is 5.96. The first-order valence-corrected chi connectivity index (χ1v) is 5.93. The fourth-order valence-corrected chi connectivity index (χ4v) is 1.90. The molecule has 0 saturated carbocycles. The third kappa shape index (κ3) is 3.04. The van der Waals surface area contributed by atoms with Crippen LogP contribution in [0.2, 0.25) is 0 Å². The Morgan fingerprint density at radius 3 is 2.00 bits per heavy atom. The van der Waals surface area contributed by atoms with Gasteiger partial charge in [-0.05, 0) is 13.8 Å². The van der Waals surface area contributed by atoms with Gasteiger partial charge in [-0.3, -0.25) is 9.59 Å². The number of hydrogen-bond donors (Lipinski definition) is 0. The second kappa shape index (κ2) is 6.01. The minimum Gasteiger partial charge on any atom is -0.468 e. The van der Waals surface area contributed by atoms with Crippen LogP contribution in [-0.2, 0) is 33.3 Å². The molecule has 108 valence electrons. The van der Waals surface area contributed by atoms with Gasteiger partial charge in [0.2, 0.25) is 0 Å². The molecule has 1 rings (SSSR count). The van der Waals surface area contributed by atoms with Crippen molar-refractivity contribution >= 4 is 17.9 Å². The third-order valence-corrected chi connectivity index (χ3v) is 3.09. The molecule has 19 heavy (non-hydrogen) atoms. The van der Waals surface area contributed by atoms with Gasteiger partial charge in [0.15, 0.2) is 11.5 Å². The molecule has 0 amide bonds. The molecule has 2 atom stereocenters. The Kier molecular flexibility index (Phi) is 4.88. The molecule has 0 aliphatic carbocycles. The molecule has 0 aromatic heterocycles. The largest absolute Gasteiger partial charge is 0.468 e. The number of carbonyl (C=O) groups excluding carboxylic acids is 3. The third-order valence-electron chi connectivity index (χ3n) is 3.09. The highest BCUT2D eigenvalue weighted by atomic mass is 16.7. The number of ether oxygens (including phenoxy) is 4. The lowest BCUT2D eigenvalue weighted by Gasteiger charge is -2.16. The van der Waals surface area contributed by atoms with E-state index in [4.69, 9.17) is 9.47 Å². The van der Waals surface area contributed by atoms with E-state index >= 15 is 0 Å². The second-order valence-corrected chi connectivity index (χ2v) is 4.17. The van der Waals surface area contributed by atoms with Crippen LogP contribution in [0.3, 0.4) is 0 Å². The summed E-state index contributed by atoms with van der Waals surface area (Å²) in [6.45, 7) is 3.52. The fourth-order valence-electron chi connectivity index (χ4n) is 1.90. The molecule has 1 aliphatic rings. The summed E-state index contributed by atoms with van der Waals surface area (Å²) in [6, 6.07) is 0. The van der Waals surface area contributed by atoms with Crippen LogP contribution in [0.15, 0.2) is 0 Å². The van der Waals surface area contributed by atoms with E-state index in [9.17, 15) is 14.4 Å². The van der Waals surface area contributed by atoms with Gasteiger partial charge in [-0.25, -0.2) is 4.79 Å². The molecular weight excluding hydrogens is 256 g/mol. The lowest BCUT2D eigenvalue weighted by molar-refractivity contribution is -0.161. The normalized spacial score (nSPS) is 24.8. The molecule has 0 aromatic carbocycles. The fraction of sp³-hybridized carbons (Fsp3) is 0.750. The Hall–Kier alpha value is -1.63. The number of esters is 3. The summed E-state index contributed by atoms with van der Waals surface area (Å²) in [7, 11) is 2.32. The maximum atomic E-state index is 11.8. The zero-order chi connectivity index (χ0) is 14.6. The van der Waals surface area contributed by atoms with E-state index in [0.717, 1.165) is 14.2 Å². The first-order chi connectivity index (χ1) is 8.92. The maximum absolute atomic E-state index is 11.8. The summed E-state index contributed by atoms with van der Waals surface area (Å²) in [5.41, 5.74) is -1.26. The smallest absolute Gasteiger partial charge is 0.341 e. The molecular formula is C12H18O7. The molecule has 0 N–H and O–H groups in total. The summed E-state index contributed by atoms with van der Waals surface area (Å²) in [5.74, 6) is -3.32. The van der Waals surface area contributed by atoms with Crippen molar-refractivity contribution < 1.29 is 33.3 Å². The van der Waals surface area contributed by atoms with Crippen LogP contribution in [-0.4, -0.2) is 50.4 Å². The first-order valence-electron chi connectivity index (χ1n) is 5.93. The van der Waals surface area contributed by atoms with E-state index < -0.39 is 35.5 Å². The molecule has 1 aliphatic heterocycles. The highest BCUT2D eigenvalue weighted by Crippen LogP contribution is 2.43. The summed E-state index contributed by atoms with van der Waals surface area (Å²) in [4.78, 5) is 35.0. The van der Waals surface area contributed by atoms with Gasteiger partial charge >= 0.3 is 17.9 Å². The Morgan fingerprint density at radius 2 is 1.68 bits per heavy atom. The van der Waals surface area contributed by atoms with Crippen molar-refractivity contribution in [3.63, 3.8) is 0 Å². The summed E-state index contributed by atoms with van der Waals surface area (Å²) in [5, 5.41) is 0. The number of hydrogen-bond acceptors (Lipinski definition) is 7. The van der Waals surface area contributed by atoms with Gasteiger partial charge in [0.25, 0.3) is 0 Å². The zero-order valence-corrected chi connectivity index (χ0v) is 11.4. The maximum Gasteiger partial charge on any atom is 0.341 e. The van der Waals surface area contributed by atoms with Gasteiger partial charge in [-0.15, -0.1) is 0 Å². The van der Waals surface area contributed by atoms with Crippen LogP contribution in [0.5, 0.6) is 0 Å². The first kappa shape index (κ1) is 15.4. The van der Waals surface area contributed by atoms with Gasteiger partial charge in [0.05, 0.1) is 26.9 Å². The predicted octanol–water partition coefficient (Wildman–Crippen LogP) is 0.0593. The van der Waals surface area contributed by atoms with Crippen molar-refractivity contribution in [2.24, 2.45) is 5.92 Å². The summed E-state index contributed by atoms with van der Waals surface area (Å²) >= 11 is 0. The monoisotopic (exact) mass is 274 g/mol. The number of methoxy groups -OCH3 is 2. The van der Waals surface area contributed by atoms with Crippen molar-refractivity contribution in [1.29, 1.82) is 0 Å². The van der Waals surface area contributed by atoms with Gasteiger partial charge in [0.1, 0.15) is 0 Å². The standard InChI is InChI=1S/C12H18O7/c1-5-18-11(15)12(7(2)19-12)6-8(9(13)16-3)10(14)17-4/h7-8H,5-6H2,1-4H3. The number of carbonyl (C=O) groups is 3. The van der Waals surface area contributed by atoms with Crippen molar-refractivity contribution in [2.45, 2.75) is 32.0 Å². The van der Waals surface area contributed by atoms with E-state index in [1.165, 1.54) is 0 Å². The van der Waals surface area contributed by atoms with E-state index in [-0.39, 0.29) is 13.0 Å². The Morgan fingerprint density at radius 1 is 1.21 bits per heavy atom. The van der Waals surface area contributed by atoms with Gasteiger partial charge in [-0.2, -0.15) is 0 Å². The molecule has 0 bridgehead atoms. The van der Waals surface area contributed by atoms with Crippen LogP contribution in [0.1, 0.15) is 20.3 Å². The van der Waals surface area contributed by atoms with Crippen LogP contribution in [0.25, 0.3) is 0 Å². The molecule has 1 heterocycles. The van der Waals surface area contributed by atoms with E-state index in [1.807, 2.05) is 0 Å². The van der Waals surface area contributed by atoms with Crippen LogP contribution < -0.4 is 0 Å². The summed E-state index contributed by atoms with van der Waals surface area (Å²) in [6.07, 6.45) is -0.560. The SMILES string of the molecule is CCOC(=O)C1(CC(C(=O)OC)C(=O)OC)OC1C. The number of epoxide rings is 1. The van der Waals surface area contributed by atoms with E-state index in [0.29, 0.717) is 0 Å². The Bertz CT molecular complexity index is 362. The lowest BCUT2D eigenvalue weighted by atomic mass is 9.92. The molecule has 7 heteroatoms. The van der Waals surface area contributed by atoms with E-state index in [1.54, 1.807) is 13.8 Å².